The van der Waals surface area contributed by atoms with E-state index in [2.05, 4.69) is 6.92 Å². The highest BCUT2D eigenvalue weighted by Crippen LogP contribution is 2.28. The van der Waals surface area contributed by atoms with Crippen LogP contribution in [0.1, 0.15) is 36.5 Å². The second kappa shape index (κ2) is 3.82. The van der Waals surface area contributed by atoms with Gasteiger partial charge in [-0.3, -0.25) is 4.79 Å². The second-order valence-electron chi connectivity index (χ2n) is 3.65. The molecule has 2 heteroatoms. The lowest BCUT2D eigenvalue weighted by atomic mass is 9.98. The van der Waals surface area contributed by atoms with Gasteiger partial charge in [-0.25, -0.2) is 0 Å². The highest BCUT2D eigenvalue weighted by atomic mass is 16.5. The Hall–Kier alpha value is -1.31. The van der Waals surface area contributed by atoms with Gasteiger partial charge in [0.2, 0.25) is 0 Å². The zero-order valence-corrected chi connectivity index (χ0v) is 8.32. The maximum atomic E-state index is 11.7. The van der Waals surface area contributed by atoms with E-state index in [1.54, 1.807) is 0 Å². The quantitative estimate of drug-likeness (QED) is 0.716. The number of fused-ring (bicyclic) bond motifs is 1. The molecule has 74 valence electrons. The fourth-order valence-electron chi connectivity index (χ4n) is 1.82. The third-order valence-corrected chi connectivity index (χ3v) is 2.50. The van der Waals surface area contributed by atoms with E-state index in [0.29, 0.717) is 6.42 Å². The molecule has 0 aliphatic carbocycles. The summed E-state index contributed by atoms with van der Waals surface area (Å²) in [4.78, 5) is 11.7. The van der Waals surface area contributed by atoms with Crippen LogP contribution in [0.4, 0.5) is 0 Å². The van der Waals surface area contributed by atoms with Gasteiger partial charge in [-0.1, -0.05) is 25.5 Å². The van der Waals surface area contributed by atoms with E-state index in [1.165, 1.54) is 0 Å². The number of hydrogen-bond acceptors (Lipinski definition) is 2. The molecular formula is C12H14O2. The van der Waals surface area contributed by atoms with Crippen molar-refractivity contribution in [2.45, 2.75) is 32.3 Å². The molecule has 0 radical (unpaired) electrons. The lowest BCUT2D eigenvalue weighted by molar-refractivity contribution is 0.0838. The van der Waals surface area contributed by atoms with Crippen LogP contribution in [-0.2, 0) is 0 Å². The first-order chi connectivity index (χ1) is 6.81. The number of carbonyl (C=O) groups is 1. The van der Waals surface area contributed by atoms with Crippen molar-refractivity contribution in [3.8, 4) is 5.75 Å². The fraction of sp³-hybridized carbons (Fsp3) is 0.417. The van der Waals surface area contributed by atoms with Gasteiger partial charge in [0.25, 0.3) is 0 Å². The summed E-state index contributed by atoms with van der Waals surface area (Å²) in [5.41, 5.74) is 0.736. The zero-order valence-electron chi connectivity index (χ0n) is 8.32. The number of rotatable bonds is 2. The Morgan fingerprint density at radius 3 is 3.00 bits per heavy atom. The van der Waals surface area contributed by atoms with Gasteiger partial charge in [0.1, 0.15) is 11.9 Å². The van der Waals surface area contributed by atoms with Crippen LogP contribution in [0.3, 0.4) is 0 Å². The van der Waals surface area contributed by atoms with Gasteiger partial charge in [-0.15, -0.1) is 0 Å². The SMILES string of the molecule is CCCC1CC(=O)c2ccccc2O1. The van der Waals surface area contributed by atoms with Crippen LogP contribution in [0.5, 0.6) is 5.75 Å². The average molecular weight is 190 g/mol. The Kier molecular flexibility index (Phi) is 2.53. The Labute approximate surface area is 83.9 Å². The molecule has 1 aromatic carbocycles. The van der Waals surface area contributed by atoms with E-state index in [1.807, 2.05) is 24.3 Å². The molecule has 1 unspecified atom stereocenters. The molecule has 1 aliphatic heterocycles. The van der Waals surface area contributed by atoms with Gasteiger partial charge in [0, 0.05) is 6.42 Å². The van der Waals surface area contributed by atoms with Crippen molar-refractivity contribution >= 4 is 5.78 Å². The van der Waals surface area contributed by atoms with E-state index in [9.17, 15) is 4.79 Å². The molecule has 1 atom stereocenters. The Morgan fingerprint density at radius 2 is 2.21 bits per heavy atom. The molecule has 1 aromatic rings. The Balaban J connectivity index is 2.24. The van der Waals surface area contributed by atoms with Gasteiger partial charge >= 0.3 is 0 Å². The summed E-state index contributed by atoms with van der Waals surface area (Å²) in [6, 6.07) is 7.48. The van der Waals surface area contributed by atoms with Gasteiger partial charge in [-0.2, -0.15) is 0 Å². The number of benzene rings is 1. The third kappa shape index (κ3) is 1.65. The topological polar surface area (TPSA) is 26.3 Å². The molecule has 0 amide bonds. The molecular weight excluding hydrogens is 176 g/mol. The van der Waals surface area contributed by atoms with Gasteiger partial charge in [0.15, 0.2) is 5.78 Å². The van der Waals surface area contributed by atoms with Crippen molar-refractivity contribution in [1.29, 1.82) is 0 Å². The number of ketones is 1. The van der Waals surface area contributed by atoms with Crippen molar-refractivity contribution < 1.29 is 9.53 Å². The van der Waals surface area contributed by atoms with Crippen molar-refractivity contribution in [3.63, 3.8) is 0 Å². The molecule has 14 heavy (non-hydrogen) atoms. The summed E-state index contributed by atoms with van der Waals surface area (Å²) in [5, 5.41) is 0. The zero-order chi connectivity index (χ0) is 9.97. The van der Waals surface area contributed by atoms with E-state index in [-0.39, 0.29) is 11.9 Å². The molecule has 0 fully saturated rings. The molecule has 2 rings (SSSR count). The lowest BCUT2D eigenvalue weighted by Gasteiger charge is -2.24. The van der Waals surface area contributed by atoms with Crippen LogP contribution in [0.2, 0.25) is 0 Å². The predicted molar refractivity (Wildman–Crippen MR) is 54.7 cm³/mol. The highest BCUT2D eigenvalue weighted by Gasteiger charge is 2.24. The molecule has 0 spiro atoms. The molecule has 0 bridgehead atoms. The highest BCUT2D eigenvalue weighted by molar-refractivity contribution is 5.99. The van der Waals surface area contributed by atoms with Crippen LogP contribution in [0.15, 0.2) is 24.3 Å². The normalized spacial score (nSPS) is 20.1. The van der Waals surface area contributed by atoms with E-state index in [0.717, 1.165) is 24.2 Å². The van der Waals surface area contributed by atoms with Crippen LogP contribution >= 0.6 is 0 Å². The number of carbonyl (C=O) groups excluding carboxylic acids is 1. The first kappa shape index (κ1) is 9.25. The maximum Gasteiger partial charge on any atom is 0.170 e. The molecule has 0 saturated heterocycles. The Morgan fingerprint density at radius 1 is 1.43 bits per heavy atom. The summed E-state index contributed by atoms with van der Waals surface area (Å²) in [7, 11) is 0. The minimum atomic E-state index is 0.0856. The summed E-state index contributed by atoms with van der Waals surface area (Å²) >= 11 is 0. The van der Waals surface area contributed by atoms with E-state index < -0.39 is 0 Å². The monoisotopic (exact) mass is 190 g/mol. The molecule has 0 aromatic heterocycles. The van der Waals surface area contributed by atoms with E-state index >= 15 is 0 Å². The predicted octanol–water partition coefficient (Wildman–Crippen LogP) is 2.82. The van der Waals surface area contributed by atoms with Crippen LogP contribution < -0.4 is 4.74 Å². The molecule has 1 heterocycles. The average Bonchev–Trinajstić information content (AvgIpc) is 2.18. The van der Waals surface area contributed by atoms with Crippen LogP contribution in [-0.4, -0.2) is 11.9 Å². The molecule has 0 saturated carbocycles. The first-order valence-electron chi connectivity index (χ1n) is 5.10. The van der Waals surface area contributed by atoms with Crippen LogP contribution in [0, 0.1) is 0 Å². The van der Waals surface area contributed by atoms with Crippen molar-refractivity contribution in [1.82, 2.24) is 0 Å². The molecule has 1 aliphatic rings. The van der Waals surface area contributed by atoms with Crippen molar-refractivity contribution in [3.05, 3.63) is 29.8 Å². The number of Topliss-reactive ketones (excluding diaryl/α,β-unsaturated/α-hetero) is 1. The van der Waals surface area contributed by atoms with Crippen molar-refractivity contribution in [2.24, 2.45) is 0 Å². The second-order valence-corrected chi connectivity index (χ2v) is 3.65. The minimum absolute atomic E-state index is 0.0856. The van der Waals surface area contributed by atoms with Crippen LogP contribution in [0.25, 0.3) is 0 Å². The number of para-hydroxylation sites is 1. The third-order valence-electron chi connectivity index (χ3n) is 2.50. The van der Waals surface area contributed by atoms with Gasteiger partial charge in [0.05, 0.1) is 5.56 Å². The first-order valence-corrected chi connectivity index (χ1v) is 5.10. The molecule has 2 nitrogen and oxygen atoms in total. The van der Waals surface area contributed by atoms with Crippen molar-refractivity contribution in [2.75, 3.05) is 0 Å². The minimum Gasteiger partial charge on any atom is -0.489 e. The summed E-state index contributed by atoms with van der Waals surface area (Å²) < 4.78 is 5.72. The Bertz CT molecular complexity index is 344. The smallest absolute Gasteiger partial charge is 0.170 e. The van der Waals surface area contributed by atoms with E-state index in [4.69, 9.17) is 4.74 Å². The number of ether oxygens (including phenoxy) is 1. The summed E-state index contributed by atoms with van der Waals surface area (Å²) in [6.45, 7) is 2.11. The maximum absolute atomic E-state index is 11.7. The lowest BCUT2D eigenvalue weighted by Crippen LogP contribution is -2.26. The fourth-order valence-corrected chi connectivity index (χ4v) is 1.82. The molecule has 0 N–H and O–H groups in total. The standard InChI is InChI=1S/C12H14O2/c1-2-5-9-8-11(13)10-6-3-4-7-12(10)14-9/h3-4,6-7,9H,2,5,8H2,1H3. The largest absolute Gasteiger partial charge is 0.489 e. The number of hydrogen-bond donors (Lipinski definition) is 0. The van der Waals surface area contributed by atoms with Gasteiger partial charge < -0.3 is 4.74 Å². The summed E-state index contributed by atoms with van der Waals surface area (Å²) in [5.74, 6) is 0.965. The summed E-state index contributed by atoms with van der Waals surface area (Å²) in [6.07, 6.45) is 2.63. The van der Waals surface area contributed by atoms with Gasteiger partial charge in [-0.05, 0) is 18.6 Å².